The van der Waals surface area contributed by atoms with Gasteiger partial charge in [0.15, 0.2) is 0 Å². The average Bonchev–Trinajstić information content (AvgIpc) is 3.02. The molecule has 29 heavy (non-hydrogen) atoms. The minimum atomic E-state index is -0.160. The molecule has 3 aromatic heterocycles. The van der Waals surface area contributed by atoms with E-state index in [4.69, 9.17) is 19.7 Å². The van der Waals surface area contributed by atoms with Gasteiger partial charge in [-0.2, -0.15) is 0 Å². The van der Waals surface area contributed by atoms with Crippen molar-refractivity contribution < 1.29 is 4.74 Å². The predicted molar refractivity (Wildman–Crippen MR) is 124 cm³/mol. The number of thiophene rings is 1. The Hall–Kier alpha value is -1.54. The first-order valence-electron chi connectivity index (χ1n) is 9.49. The number of nitrogens with zero attached hydrogens (tertiary/aromatic N) is 3. The van der Waals surface area contributed by atoms with Gasteiger partial charge in [0.25, 0.3) is 0 Å². The van der Waals surface area contributed by atoms with Crippen molar-refractivity contribution in [3.63, 3.8) is 0 Å². The monoisotopic (exact) mass is 485 g/mol. The quantitative estimate of drug-likeness (QED) is 0.246. The molecule has 4 heterocycles. The lowest BCUT2D eigenvalue weighted by atomic mass is 9.95. The Morgan fingerprint density at radius 3 is 2.76 bits per heavy atom. The molecular formula is C22H20BrN3OS2. The van der Waals surface area contributed by atoms with Crippen LogP contribution in [0.5, 0.6) is 0 Å². The first-order valence-corrected chi connectivity index (χ1v) is 12.1. The van der Waals surface area contributed by atoms with Gasteiger partial charge in [-0.1, -0.05) is 28.1 Å². The normalized spacial score (nSPS) is 15.7. The number of thioether (sulfide) groups is 1. The fourth-order valence-electron chi connectivity index (χ4n) is 3.56. The van der Waals surface area contributed by atoms with E-state index in [2.05, 4.69) is 60.1 Å². The summed E-state index contributed by atoms with van der Waals surface area (Å²) >= 11 is 6.96. The number of hydrogen-bond donors (Lipinski definition) is 0. The van der Waals surface area contributed by atoms with E-state index in [9.17, 15) is 0 Å². The zero-order valence-electron chi connectivity index (χ0n) is 16.5. The smallest absolute Gasteiger partial charge is 0.127 e. The van der Waals surface area contributed by atoms with E-state index < -0.39 is 0 Å². The second-order valence-electron chi connectivity index (χ2n) is 7.94. The number of fused-ring (bicyclic) bond motifs is 4. The van der Waals surface area contributed by atoms with Gasteiger partial charge in [-0.3, -0.25) is 0 Å². The van der Waals surface area contributed by atoms with E-state index >= 15 is 0 Å². The number of aromatic nitrogens is 3. The number of hydrogen-bond acceptors (Lipinski definition) is 6. The zero-order valence-corrected chi connectivity index (χ0v) is 19.7. The van der Waals surface area contributed by atoms with Crippen molar-refractivity contribution in [2.45, 2.75) is 50.2 Å². The number of pyridine rings is 1. The molecule has 0 aliphatic carbocycles. The van der Waals surface area contributed by atoms with Crippen LogP contribution in [0.2, 0.25) is 0 Å². The predicted octanol–water partition coefficient (Wildman–Crippen LogP) is 6.45. The molecule has 0 N–H and O–H groups in total. The Balaban J connectivity index is 1.57. The molecule has 5 rings (SSSR count). The topological polar surface area (TPSA) is 47.9 Å². The second-order valence-corrected chi connectivity index (χ2v) is 10.8. The van der Waals surface area contributed by atoms with Crippen LogP contribution in [-0.4, -0.2) is 20.6 Å². The minimum Gasteiger partial charge on any atom is -0.370 e. The summed E-state index contributed by atoms with van der Waals surface area (Å²) < 4.78 is 8.22. The fraction of sp³-hybridized carbons (Fsp3) is 0.318. The van der Waals surface area contributed by atoms with Crippen LogP contribution in [0.25, 0.3) is 20.4 Å². The van der Waals surface area contributed by atoms with Gasteiger partial charge in [-0.25, -0.2) is 15.0 Å². The van der Waals surface area contributed by atoms with Crippen LogP contribution in [0.3, 0.4) is 0 Å². The molecule has 7 heteroatoms. The molecule has 4 nitrogen and oxygen atoms in total. The standard InChI is InChI=1S/C22H20BrN3OS2/c1-12-24-18-16-8-14-10-27-22(2,3)9-17(14)26-20(16)29-19(18)21(25-12)28-11-13-4-6-15(23)7-5-13/h4-8H,9-11H2,1-3H3. The van der Waals surface area contributed by atoms with Crippen molar-refractivity contribution in [2.24, 2.45) is 0 Å². The van der Waals surface area contributed by atoms with Crippen LogP contribution < -0.4 is 0 Å². The molecule has 0 saturated carbocycles. The average molecular weight is 486 g/mol. The highest BCUT2D eigenvalue weighted by Gasteiger charge is 2.28. The van der Waals surface area contributed by atoms with Crippen molar-refractivity contribution in [1.29, 1.82) is 0 Å². The van der Waals surface area contributed by atoms with Gasteiger partial charge in [-0.05, 0) is 44.5 Å². The fourth-order valence-corrected chi connectivity index (χ4v) is 6.05. The molecule has 4 aromatic rings. The highest BCUT2D eigenvalue weighted by Crippen LogP contribution is 2.40. The number of halogens is 1. The molecule has 1 aliphatic heterocycles. The maximum Gasteiger partial charge on any atom is 0.127 e. The lowest BCUT2D eigenvalue weighted by molar-refractivity contribution is -0.0411. The van der Waals surface area contributed by atoms with Gasteiger partial charge in [-0.15, -0.1) is 23.1 Å². The van der Waals surface area contributed by atoms with Crippen molar-refractivity contribution in [3.8, 4) is 0 Å². The first kappa shape index (κ1) is 19.4. The van der Waals surface area contributed by atoms with E-state index in [1.165, 1.54) is 11.1 Å². The summed E-state index contributed by atoms with van der Waals surface area (Å²) in [5.74, 6) is 1.67. The molecule has 0 saturated heterocycles. The van der Waals surface area contributed by atoms with Crippen LogP contribution in [0.15, 0.2) is 39.8 Å². The van der Waals surface area contributed by atoms with E-state index in [0.717, 1.165) is 53.6 Å². The Morgan fingerprint density at radius 1 is 1.17 bits per heavy atom. The summed E-state index contributed by atoms with van der Waals surface area (Å²) in [7, 11) is 0. The molecule has 0 atom stereocenters. The Bertz CT molecular complexity index is 1230. The van der Waals surface area contributed by atoms with Gasteiger partial charge in [0.2, 0.25) is 0 Å². The third-order valence-electron chi connectivity index (χ3n) is 5.06. The van der Waals surface area contributed by atoms with Gasteiger partial charge in [0.05, 0.1) is 28.1 Å². The van der Waals surface area contributed by atoms with Gasteiger partial charge < -0.3 is 4.74 Å². The van der Waals surface area contributed by atoms with Gasteiger partial charge in [0, 0.05) is 27.6 Å². The molecule has 0 radical (unpaired) electrons. The Kier molecular flexibility index (Phi) is 4.89. The van der Waals surface area contributed by atoms with Crippen LogP contribution in [-0.2, 0) is 23.5 Å². The minimum absolute atomic E-state index is 0.160. The van der Waals surface area contributed by atoms with E-state index in [1.807, 2.05) is 6.92 Å². The summed E-state index contributed by atoms with van der Waals surface area (Å²) in [6.07, 6.45) is 0.836. The third kappa shape index (κ3) is 3.81. The van der Waals surface area contributed by atoms with Crippen LogP contribution in [0, 0.1) is 6.92 Å². The lowest BCUT2D eigenvalue weighted by Crippen LogP contribution is -2.32. The SMILES string of the molecule is Cc1nc(SCc2ccc(Br)cc2)c2sc3nc4c(cc3c2n1)COC(C)(C)C4. The zero-order chi connectivity index (χ0) is 20.2. The van der Waals surface area contributed by atoms with Crippen LogP contribution >= 0.6 is 39.0 Å². The largest absolute Gasteiger partial charge is 0.370 e. The van der Waals surface area contributed by atoms with Crippen molar-refractivity contribution in [2.75, 3.05) is 0 Å². The molecule has 0 bridgehead atoms. The Labute approximate surface area is 186 Å². The molecular weight excluding hydrogens is 466 g/mol. The number of ether oxygens (including phenoxy) is 1. The number of rotatable bonds is 3. The highest BCUT2D eigenvalue weighted by molar-refractivity contribution is 9.10. The second kappa shape index (κ2) is 7.30. The first-order chi connectivity index (χ1) is 13.9. The van der Waals surface area contributed by atoms with Crippen molar-refractivity contribution in [1.82, 2.24) is 15.0 Å². The molecule has 1 aromatic carbocycles. The number of aryl methyl sites for hydroxylation is 1. The Morgan fingerprint density at radius 2 is 1.97 bits per heavy atom. The molecule has 0 unspecified atom stereocenters. The number of benzene rings is 1. The van der Waals surface area contributed by atoms with Crippen molar-refractivity contribution >= 4 is 59.5 Å². The van der Waals surface area contributed by atoms with Crippen molar-refractivity contribution in [3.05, 3.63) is 57.4 Å². The highest BCUT2D eigenvalue weighted by atomic mass is 79.9. The molecule has 148 valence electrons. The summed E-state index contributed by atoms with van der Waals surface area (Å²) in [5, 5.41) is 2.15. The summed E-state index contributed by atoms with van der Waals surface area (Å²) in [6.45, 7) is 6.82. The maximum absolute atomic E-state index is 6.00. The summed E-state index contributed by atoms with van der Waals surface area (Å²) in [5.41, 5.74) is 4.45. The third-order valence-corrected chi connectivity index (χ3v) is 7.86. The van der Waals surface area contributed by atoms with E-state index in [0.29, 0.717) is 6.61 Å². The molecule has 1 aliphatic rings. The van der Waals surface area contributed by atoms with E-state index in [1.54, 1.807) is 23.1 Å². The summed E-state index contributed by atoms with van der Waals surface area (Å²) in [6, 6.07) is 10.7. The summed E-state index contributed by atoms with van der Waals surface area (Å²) in [4.78, 5) is 15.6. The molecule has 0 fully saturated rings. The van der Waals surface area contributed by atoms with E-state index in [-0.39, 0.29) is 5.60 Å². The van der Waals surface area contributed by atoms with Crippen LogP contribution in [0.1, 0.15) is 36.5 Å². The molecule has 0 spiro atoms. The van der Waals surface area contributed by atoms with Gasteiger partial charge in [0.1, 0.15) is 15.7 Å². The molecule has 0 amide bonds. The lowest BCUT2D eigenvalue weighted by Gasteiger charge is -2.30. The van der Waals surface area contributed by atoms with Crippen LogP contribution in [0.4, 0.5) is 0 Å². The van der Waals surface area contributed by atoms with Gasteiger partial charge >= 0.3 is 0 Å². The maximum atomic E-state index is 6.00.